The van der Waals surface area contributed by atoms with Crippen molar-refractivity contribution in [2.45, 2.75) is 6.54 Å². The number of carboxylic acids is 1. The van der Waals surface area contributed by atoms with E-state index in [9.17, 15) is 15.0 Å². The minimum absolute atomic E-state index is 0.00524. The van der Waals surface area contributed by atoms with E-state index in [-0.39, 0.29) is 23.0 Å². The number of carboxylic acid groups (broad SMARTS) is 1. The van der Waals surface area contributed by atoms with E-state index in [4.69, 9.17) is 34.8 Å². The van der Waals surface area contributed by atoms with Gasteiger partial charge in [0.2, 0.25) is 0 Å². The second-order valence-electron chi connectivity index (χ2n) is 4.97. The molecule has 0 aliphatic carbocycles. The van der Waals surface area contributed by atoms with E-state index < -0.39 is 5.97 Å². The molecule has 1 aromatic heterocycles. The molecule has 0 aliphatic rings. The van der Waals surface area contributed by atoms with E-state index in [0.29, 0.717) is 20.9 Å². The van der Waals surface area contributed by atoms with Crippen LogP contribution >= 0.6 is 34.8 Å². The van der Waals surface area contributed by atoms with Crippen LogP contribution in [0.3, 0.4) is 0 Å². The minimum Gasteiger partial charge on any atom is -0.507 e. The van der Waals surface area contributed by atoms with Crippen LogP contribution in [-0.2, 0) is 6.54 Å². The Bertz CT molecular complexity index is 934. The van der Waals surface area contributed by atoms with Crippen LogP contribution in [0.4, 0.5) is 0 Å². The summed E-state index contributed by atoms with van der Waals surface area (Å²) in [5, 5.41) is 20.6. The average molecular weight is 371 g/mol. The van der Waals surface area contributed by atoms with Gasteiger partial charge >= 0.3 is 5.97 Å². The summed E-state index contributed by atoms with van der Waals surface area (Å²) in [5.74, 6) is -1.24. The lowest BCUT2D eigenvalue weighted by molar-refractivity contribution is 0.0686. The van der Waals surface area contributed by atoms with Gasteiger partial charge in [-0.1, -0.05) is 46.9 Å². The molecule has 0 saturated heterocycles. The largest absolute Gasteiger partial charge is 0.507 e. The Morgan fingerprint density at radius 1 is 1.09 bits per heavy atom. The lowest BCUT2D eigenvalue weighted by atomic mass is 10.2. The minimum atomic E-state index is -1.18. The Hall–Kier alpha value is -1.88. The molecule has 7 heteroatoms. The highest BCUT2D eigenvalue weighted by Crippen LogP contribution is 2.37. The van der Waals surface area contributed by atoms with Crippen molar-refractivity contribution in [1.29, 1.82) is 0 Å². The molecule has 3 aromatic rings. The van der Waals surface area contributed by atoms with E-state index in [0.717, 1.165) is 5.56 Å². The molecule has 0 fully saturated rings. The van der Waals surface area contributed by atoms with Crippen LogP contribution in [0, 0.1) is 0 Å². The Morgan fingerprint density at radius 3 is 2.48 bits per heavy atom. The van der Waals surface area contributed by atoms with E-state index in [1.807, 2.05) is 0 Å². The van der Waals surface area contributed by atoms with Gasteiger partial charge in [-0.15, -0.1) is 0 Å². The maximum atomic E-state index is 11.6. The molecule has 0 spiro atoms. The first-order valence-corrected chi connectivity index (χ1v) is 7.70. The van der Waals surface area contributed by atoms with Crippen molar-refractivity contribution in [3.8, 4) is 5.75 Å². The highest BCUT2D eigenvalue weighted by Gasteiger charge is 2.23. The lowest BCUT2D eigenvalue weighted by Crippen LogP contribution is -2.09. The van der Waals surface area contributed by atoms with E-state index >= 15 is 0 Å². The van der Waals surface area contributed by atoms with Crippen molar-refractivity contribution in [3.63, 3.8) is 0 Å². The second-order valence-corrected chi connectivity index (χ2v) is 6.17. The van der Waals surface area contributed by atoms with Gasteiger partial charge in [0.05, 0.1) is 26.0 Å². The van der Waals surface area contributed by atoms with Gasteiger partial charge in [0.25, 0.3) is 0 Å². The topological polar surface area (TPSA) is 62.5 Å². The van der Waals surface area contributed by atoms with Crippen molar-refractivity contribution in [2.75, 3.05) is 0 Å². The number of phenols is 1. The monoisotopic (exact) mass is 369 g/mol. The van der Waals surface area contributed by atoms with Crippen molar-refractivity contribution in [1.82, 2.24) is 4.57 Å². The first-order chi connectivity index (χ1) is 10.9. The summed E-state index contributed by atoms with van der Waals surface area (Å²) < 4.78 is 1.53. The molecule has 1 heterocycles. The summed E-state index contributed by atoms with van der Waals surface area (Å²) in [6.07, 6.45) is 0. The smallest absolute Gasteiger partial charge is 0.354 e. The molecule has 0 saturated carbocycles. The summed E-state index contributed by atoms with van der Waals surface area (Å²) in [7, 11) is 0. The van der Waals surface area contributed by atoms with Crippen LogP contribution in [0.1, 0.15) is 16.1 Å². The number of nitrogens with zero attached hydrogens (tertiary/aromatic N) is 1. The van der Waals surface area contributed by atoms with Gasteiger partial charge in [0.15, 0.2) is 0 Å². The van der Waals surface area contributed by atoms with Gasteiger partial charge in [0.1, 0.15) is 11.4 Å². The van der Waals surface area contributed by atoms with Crippen LogP contribution in [0.2, 0.25) is 15.1 Å². The number of carbonyl (C=O) groups is 1. The zero-order valence-electron chi connectivity index (χ0n) is 11.6. The number of rotatable bonds is 3. The Balaban J connectivity index is 2.23. The molecular formula is C16H10Cl3NO3. The molecule has 4 nitrogen and oxygen atoms in total. The second kappa shape index (κ2) is 5.96. The van der Waals surface area contributed by atoms with Crippen molar-refractivity contribution in [2.24, 2.45) is 0 Å². The normalized spacial score (nSPS) is 11.1. The molecule has 2 N–H and O–H groups in total. The number of aromatic carboxylic acids is 1. The van der Waals surface area contributed by atoms with Gasteiger partial charge < -0.3 is 14.8 Å². The molecule has 3 rings (SSSR count). The highest BCUT2D eigenvalue weighted by molar-refractivity contribution is 6.42. The third-order valence-electron chi connectivity index (χ3n) is 3.54. The van der Waals surface area contributed by atoms with Gasteiger partial charge in [-0.05, 0) is 29.8 Å². The van der Waals surface area contributed by atoms with Crippen LogP contribution in [0.15, 0.2) is 36.4 Å². The molecule has 0 radical (unpaired) electrons. The third-order valence-corrected chi connectivity index (χ3v) is 4.64. The van der Waals surface area contributed by atoms with Crippen molar-refractivity contribution < 1.29 is 15.0 Å². The number of aromatic hydroxyl groups is 1. The molecule has 0 bridgehead atoms. The fraction of sp³-hybridized carbons (Fsp3) is 0.0625. The number of aromatic nitrogens is 1. The standard InChI is InChI=1S/C16H10Cl3NO3/c17-9-5-4-8(6-10(9)18)7-20-11-2-1-3-12(21)13(11)14(19)15(20)16(22)23/h1-6,21H,7H2,(H,22,23). The number of benzene rings is 2. The van der Waals surface area contributed by atoms with Gasteiger partial charge in [-0.25, -0.2) is 4.79 Å². The lowest BCUT2D eigenvalue weighted by Gasteiger charge is -2.09. The fourth-order valence-electron chi connectivity index (χ4n) is 2.53. The van der Waals surface area contributed by atoms with Crippen molar-refractivity contribution in [3.05, 3.63) is 62.7 Å². The summed E-state index contributed by atoms with van der Waals surface area (Å²) in [4.78, 5) is 11.6. The molecular weight excluding hydrogens is 361 g/mol. The zero-order chi connectivity index (χ0) is 16.7. The van der Waals surface area contributed by atoms with E-state index in [1.54, 1.807) is 30.3 Å². The summed E-state index contributed by atoms with van der Waals surface area (Å²) in [6.45, 7) is 0.227. The predicted octanol–water partition coefficient (Wildman–Crippen LogP) is 5.05. The Labute approximate surface area is 146 Å². The van der Waals surface area contributed by atoms with Crippen molar-refractivity contribution >= 4 is 51.7 Å². The first kappa shape index (κ1) is 16.0. The Kier molecular flexibility index (Phi) is 4.15. The number of fused-ring (bicyclic) bond motifs is 1. The maximum Gasteiger partial charge on any atom is 0.354 e. The molecule has 0 aliphatic heterocycles. The zero-order valence-corrected chi connectivity index (χ0v) is 13.8. The predicted molar refractivity (Wildman–Crippen MR) is 91.1 cm³/mol. The third kappa shape index (κ3) is 2.74. The Morgan fingerprint density at radius 2 is 1.83 bits per heavy atom. The number of halogens is 3. The molecule has 0 atom stereocenters. The van der Waals surface area contributed by atoms with Gasteiger partial charge in [-0.3, -0.25) is 0 Å². The summed E-state index contributed by atoms with van der Waals surface area (Å²) >= 11 is 18.1. The van der Waals surface area contributed by atoms with Gasteiger partial charge in [0, 0.05) is 6.54 Å². The molecule has 2 aromatic carbocycles. The molecule has 0 unspecified atom stereocenters. The quantitative estimate of drug-likeness (QED) is 0.678. The van der Waals surface area contributed by atoms with Crippen LogP contribution in [-0.4, -0.2) is 20.7 Å². The molecule has 0 amide bonds. The van der Waals surface area contributed by atoms with Gasteiger partial charge in [-0.2, -0.15) is 0 Å². The first-order valence-electron chi connectivity index (χ1n) is 6.57. The number of phenolic OH excluding ortho intramolecular Hbond substituents is 1. The van der Waals surface area contributed by atoms with Crippen LogP contribution in [0.5, 0.6) is 5.75 Å². The van der Waals surface area contributed by atoms with Crippen LogP contribution in [0.25, 0.3) is 10.9 Å². The van der Waals surface area contributed by atoms with E-state index in [1.165, 1.54) is 10.6 Å². The maximum absolute atomic E-state index is 11.6. The highest BCUT2D eigenvalue weighted by atomic mass is 35.5. The number of hydrogen-bond donors (Lipinski definition) is 2. The summed E-state index contributed by atoms with van der Waals surface area (Å²) in [6, 6.07) is 9.85. The average Bonchev–Trinajstić information content (AvgIpc) is 2.77. The number of hydrogen-bond acceptors (Lipinski definition) is 2. The SMILES string of the molecule is O=C(O)c1c(Cl)c2c(O)cccc2n1Cc1ccc(Cl)c(Cl)c1. The van der Waals surface area contributed by atoms with E-state index in [2.05, 4.69) is 0 Å². The molecule has 118 valence electrons. The van der Waals surface area contributed by atoms with Crippen LogP contribution < -0.4 is 0 Å². The molecule has 23 heavy (non-hydrogen) atoms. The summed E-state index contributed by atoms with van der Waals surface area (Å²) in [5.41, 5.74) is 1.20. The fourth-order valence-corrected chi connectivity index (χ4v) is 3.23.